The van der Waals surface area contributed by atoms with E-state index in [4.69, 9.17) is 4.74 Å². The van der Waals surface area contributed by atoms with Crippen molar-refractivity contribution in [1.82, 2.24) is 5.32 Å². The number of ether oxygens (including phenoxy) is 1. The van der Waals surface area contributed by atoms with Crippen LogP contribution in [0.25, 0.3) is 0 Å². The molecule has 120 valence electrons. The Hall–Kier alpha value is 0.1000. The molecule has 0 saturated heterocycles. The van der Waals surface area contributed by atoms with E-state index < -0.39 is 0 Å². The van der Waals surface area contributed by atoms with E-state index in [1.165, 1.54) is 54.3 Å². The molecule has 4 heteroatoms. The summed E-state index contributed by atoms with van der Waals surface area (Å²) in [5, 5.41) is 5.96. The molecule has 1 heterocycles. The molecule has 1 unspecified atom stereocenters. The Morgan fingerprint density at radius 2 is 2.05 bits per heavy atom. The fourth-order valence-corrected chi connectivity index (χ4v) is 4.94. The molecule has 1 aromatic rings. The maximum Gasteiger partial charge on any atom is 0.0834 e. The molecule has 0 spiro atoms. The first-order valence-corrected chi connectivity index (χ1v) is 9.89. The number of nitrogens with one attached hydrogen (secondary N) is 1. The predicted octanol–water partition coefficient (Wildman–Crippen LogP) is 5.16. The van der Waals surface area contributed by atoms with Crippen LogP contribution < -0.4 is 5.32 Å². The molecule has 2 nitrogen and oxygen atoms in total. The van der Waals surface area contributed by atoms with Crippen molar-refractivity contribution in [3.63, 3.8) is 0 Å². The molecule has 0 amide bonds. The molecule has 0 aliphatic heterocycles. The van der Waals surface area contributed by atoms with E-state index in [2.05, 4.69) is 39.6 Å². The van der Waals surface area contributed by atoms with Crippen molar-refractivity contribution >= 4 is 27.3 Å². The third-order valence-corrected chi connectivity index (χ3v) is 6.38. The highest BCUT2D eigenvalue weighted by Crippen LogP contribution is 2.35. The van der Waals surface area contributed by atoms with Crippen molar-refractivity contribution in [2.75, 3.05) is 13.7 Å². The fourth-order valence-electron chi connectivity index (χ4n) is 3.45. The van der Waals surface area contributed by atoms with Gasteiger partial charge in [-0.3, -0.25) is 0 Å². The Morgan fingerprint density at radius 3 is 2.57 bits per heavy atom. The lowest BCUT2D eigenvalue weighted by atomic mass is 9.83. The SMILES string of the molecule is CCCNC(Cc1cc(Br)cs1)C1(OC)CCCCCC1. The van der Waals surface area contributed by atoms with Gasteiger partial charge >= 0.3 is 0 Å². The Bertz CT molecular complexity index is 413. The number of rotatable bonds is 7. The summed E-state index contributed by atoms with van der Waals surface area (Å²) in [6.45, 7) is 3.31. The predicted molar refractivity (Wildman–Crippen MR) is 95.2 cm³/mol. The highest BCUT2D eigenvalue weighted by atomic mass is 79.9. The summed E-state index contributed by atoms with van der Waals surface area (Å²) in [4.78, 5) is 1.44. The zero-order valence-corrected chi connectivity index (χ0v) is 15.7. The van der Waals surface area contributed by atoms with Gasteiger partial charge in [-0.05, 0) is 54.2 Å². The molecule has 1 aliphatic rings. The van der Waals surface area contributed by atoms with Crippen LogP contribution in [-0.2, 0) is 11.2 Å². The van der Waals surface area contributed by atoms with Crippen LogP contribution in [0.4, 0.5) is 0 Å². The van der Waals surface area contributed by atoms with Gasteiger partial charge in [0.1, 0.15) is 0 Å². The van der Waals surface area contributed by atoms with Crippen LogP contribution in [0, 0.1) is 0 Å². The standard InChI is InChI=1S/C17H28BrNOS/c1-3-10-19-16(12-15-11-14(18)13-21-15)17(20-2)8-6-4-5-7-9-17/h11,13,16,19H,3-10,12H2,1-2H3. The van der Waals surface area contributed by atoms with Crippen molar-refractivity contribution in [3.05, 3.63) is 20.8 Å². The van der Waals surface area contributed by atoms with Crippen LogP contribution in [0.5, 0.6) is 0 Å². The van der Waals surface area contributed by atoms with Gasteiger partial charge in [0.15, 0.2) is 0 Å². The third-order valence-electron chi connectivity index (χ3n) is 4.66. The second-order valence-corrected chi connectivity index (χ2v) is 8.04. The zero-order chi connectivity index (χ0) is 15.1. The molecule has 1 atom stereocenters. The minimum absolute atomic E-state index is 0.0160. The highest BCUT2D eigenvalue weighted by Gasteiger charge is 2.39. The molecule has 2 rings (SSSR count). The van der Waals surface area contributed by atoms with E-state index in [9.17, 15) is 0 Å². The van der Waals surface area contributed by atoms with E-state index in [0.29, 0.717) is 6.04 Å². The number of methoxy groups -OCH3 is 1. The van der Waals surface area contributed by atoms with Crippen molar-refractivity contribution in [2.45, 2.75) is 69.9 Å². The van der Waals surface area contributed by atoms with Crippen LogP contribution in [0.3, 0.4) is 0 Å². The second-order valence-electron chi connectivity index (χ2n) is 6.13. The van der Waals surface area contributed by atoms with Crippen LogP contribution in [0.1, 0.15) is 56.7 Å². The van der Waals surface area contributed by atoms with E-state index in [1.807, 2.05) is 18.4 Å². The van der Waals surface area contributed by atoms with Gasteiger partial charge in [0, 0.05) is 27.9 Å². The highest BCUT2D eigenvalue weighted by molar-refractivity contribution is 9.10. The summed E-state index contributed by atoms with van der Waals surface area (Å²) in [7, 11) is 1.91. The van der Waals surface area contributed by atoms with Crippen LogP contribution >= 0.6 is 27.3 Å². The lowest BCUT2D eigenvalue weighted by Gasteiger charge is -2.40. The Labute approximate surface area is 141 Å². The summed E-state index contributed by atoms with van der Waals surface area (Å²) >= 11 is 5.42. The molecule has 1 N–H and O–H groups in total. The monoisotopic (exact) mass is 373 g/mol. The summed E-state index contributed by atoms with van der Waals surface area (Å²) in [6.07, 6.45) is 9.94. The second kappa shape index (κ2) is 8.66. The van der Waals surface area contributed by atoms with E-state index in [-0.39, 0.29) is 5.60 Å². The van der Waals surface area contributed by atoms with E-state index >= 15 is 0 Å². The number of hydrogen-bond acceptors (Lipinski definition) is 3. The largest absolute Gasteiger partial charge is 0.377 e. The zero-order valence-electron chi connectivity index (χ0n) is 13.3. The maximum atomic E-state index is 6.13. The Morgan fingerprint density at radius 1 is 1.33 bits per heavy atom. The van der Waals surface area contributed by atoms with Crippen molar-refractivity contribution in [3.8, 4) is 0 Å². The summed E-state index contributed by atoms with van der Waals surface area (Å²) in [6, 6.07) is 2.68. The topological polar surface area (TPSA) is 21.3 Å². The van der Waals surface area contributed by atoms with Gasteiger partial charge in [-0.25, -0.2) is 0 Å². The molecule has 0 bridgehead atoms. The normalized spacial score (nSPS) is 20.1. The van der Waals surface area contributed by atoms with Gasteiger partial charge in [0.2, 0.25) is 0 Å². The quantitative estimate of drug-likeness (QED) is 0.666. The van der Waals surface area contributed by atoms with Gasteiger partial charge in [0.05, 0.1) is 5.60 Å². The van der Waals surface area contributed by atoms with E-state index in [0.717, 1.165) is 13.0 Å². The number of halogens is 1. The molecule has 1 saturated carbocycles. The molecule has 1 fully saturated rings. The fraction of sp³-hybridized carbons (Fsp3) is 0.765. The first-order valence-electron chi connectivity index (χ1n) is 8.21. The van der Waals surface area contributed by atoms with Gasteiger partial charge in [-0.2, -0.15) is 0 Å². The molecule has 1 aliphatic carbocycles. The minimum Gasteiger partial charge on any atom is -0.377 e. The first-order chi connectivity index (χ1) is 10.2. The molecular weight excluding hydrogens is 346 g/mol. The summed E-state index contributed by atoms with van der Waals surface area (Å²) in [5.74, 6) is 0. The Balaban J connectivity index is 2.14. The number of thiophene rings is 1. The van der Waals surface area contributed by atoms with Crippen LogP contribution in [-0.4, -0.2) is 25.3 Å². The average Bonchev–Trinajstić information content (AvgIpc) is 2.76. The molecule has 0 aromatic carbocycles. The lowest BCUT2D eigenvalue weighted by molar-refractivity contribution is -0.0524. The van der Waals surface area contributed by atoms with Gasteiger partial charge in [-0.1, -0.05) is 32.6 Å². The molecule has 21 heavy (non-hydrogen) atoms. The lowest BCUT2D eigenvalue weighted by Crippen LogP contribution is -2.53. The third kappa shape index (κ3) is 4.78. The van der Waals surface area contributed by atoms with Crippen molar-refractivity contribution in [1.29, 1.82) is 0 Å². The van der Waals surface area contributed by atoms with Crippen molar-refractivity contribution < 1.29 is 4.74 Å². The van der Waals surface area contributed by atoms with Gasteiger partial charge in [-0.15, -0.1) is 11.3 Å². The maximum absolute atomic E-state index is 6.13. The first kappa shape index (κ1) is 17.5. The molecular formula is C17H28BrNOS. The Kier molecular flexibility index (Phi) is 7.20. The number of hydrogen-bond donors (Lipinski definition) is 1. The van der Waals surface area contributed by atoms with Gasteiger partial charge < -0.3 is 10.1 Å². The van der Waals surface area contributed by atoms with Crippen LogP contribution in [0.15, 0.2) is 15.9 Å². The van der Waals surface area contributed by atoms with Crippen LogP contribution in [0.2, 0.25) is 0 Å². The van der Waals surface area contributed by atoms with Gasteiger partial charge in [0.25, 0.3) is 0 Å². The summed E-state index contributed by atoms with van der Waals surface area (Å²) < 4.78 is 7.33. The average molecular weight is 374 g/mol. The smallest absolute Gasteiger partial charge is 0.0834 e. The molecule has 0 radical (unpaired) electrons. The summed E-state index contributed by atoms with van der Waals surface area (Å²) in [5.41, 5.74) is 0.0160. The van der Waals surface area contributed by atoms with Crippen molar-refractivity contribution in [2.24, 2.45) is 0 Å². The minimum atomic E-state index is 0.0160. The molecule has 1 aromatic heterocycles. The van der Waals surface area contributed by atoms with E-state index in [1.54, 1.807) is 0 Å².